The van der Waals surface area contributed by atoms with Gasteiger partial charge in [0.15, 0.2) is 34.9 Å². The highest BCUT2D eigenvalue weighted by Gasteiger charge is 2.49. The smallest absolute Gasteiger partial charge is 0.331 e. The first-order valence-corrected chi connectivity index (χ1v) is 17.0. The van der Waals surface area contributed by atoms with E-state index in [4.69, 9.17) is 32.8 Å². The number of carbonyl (C=O) groups excluding carboxylic acids is 1. The highest BCUT2D eigenvalue weighted by Crippen LogP contribution is 2.40. The van der Waals surface area contributed by atoms with E-state index in [-0.39, 0.29) is 22.8 Å². The van der Waals surface area contributed by atoms with Crippen LogP contribution in [0, 0.1) is 0 Å². The number of benzene rings is 3. The zero-order chi connectivity index (χ0) is 41.3. The summed E-state index contributed by atoms with van der Waals surface area (Å²) in [6.45, 7) is -1.65. The summed E-state index contributed by atoms with van der Waals surface area (Å²) < 4.78 is 39.0. The summed E-state index contributed by atoms with van der Waals surface area (Å²) in [6, 6.07) is 9.32. The van der Waals surface area contributed by atoms with Gasteiger partial charge in [-0.1, -0.05) is 6.07 Å². The number of hydrogen-bond donors (Lipinski definition) is 11. The number of aliphatic hydroxyl groups is 7. The quantitative estimate of drug-likeness (QED) is 0.0488. The Bertz CT molecular complexity index is 2180. The lowest BCUT2D eigenvalue weighted by Gasteiger charge is -2.41. The number of esters is 1. The van der Waals surface area contributed by atoms with Crippen molar-refractivity contribution in [2.75, 3.05) is 20.3 Å². The molecule has 0 saturated carbocycles. The minimum atomic E-state index is -1.99. The predicted octanol–water partition coefficient (Wildman–Crippen LogP) is -1.09. The number of rotatable bonds is 11. The molecule has 2 aliphatic rings. The SMILES string of the molecule is COc1cc(C=CC(=O)O[C@@H]2[C@@H](Oc3c(-c4ccc(O)c(O)c4)oc4cc(O[C@H]5O[C@@H](CO)[C@H](O)[C@H](O)[C@@H]5O)cc(O)c4c3=O)O[C@@H](CO)[C@H](O)[C@@H]2O)ccc1O. The highest BCUT2D eigenvalue weighted by atomic mass is 16.7. The number of carbonyl (C=O) groups is 1. The van der Waals surface area contributed by atoms with Crippen molar-refractivity contribution in [3.8, 4) is 51.6 Å². The zero-order valence-electron chi connectivity index (χ0n) is 29.6. The highest BCUT2D eigenvalue weighted by molar-refractivity contribution is 5.89. The molecular weight excluding hydrogens is 764 g/mol. The largest absolute Gasteiger partial charge is 0.507 e. The first-order valence-electron chi connectivity index (χ1n) is 17.0. The second-order valence-corrected chi connectivity index (χ2v) is 12.9. The van der Waals surface area contributed by atoms with E-state index in [0.717, 1.165) is 30.3 Å². The second kappa shape index (κ2) is 16.8. The summed E-state index contributed by atoms with van der Waals surface area (Å²) in [6.07, 6.45) is -15.5. The number of hydrogen-bond acceptors (Lipinski definition) is 20. The van der Waals surface area contributed by atoms with Crippen LogP contribution in [0.25, 0.3) is 28.4 Å². The van der Waals surface area contributed by atoms with Crippen molar-refractivity contribution in [3.63, 3.8) is 0 Å². The molecule has 0 radical (unpaired) electrons. The van der Waals surface area contributed by atoms with Gasteiger partial charge in [0.2, 0.25) is 23.8 Å². The van der Waals surface area contributed by atoms with Crippen molar-refractivity contribution in [1.29, 1.82) is 0 Å². The minimum Gasteiger partial charge on any atom is -0.507 e. The summed E-state index contributed by atoms with van der Waals surface area (Å²) in [4.78, 5) is 27.3. The molecule has 3 aromatic carbocycles. The molecule has 2 fully saturated rings. The normalized spacial score (nSPS) is 27.6. The lowest BCUT2D eigenvalue weighted by molar-refractivity contribution is -0.281. The maximum atomic E-state index is 14.2. The summed E-state index contributed by atoms with van der Waals surface area (Å²) in [5, 5.41) is 113. The third-order valence-corrected chi connectivity index (χ3v) is 9.17. The van der Waals surface area contributed by atoms with E-state index in [9.17, 15) is 65.8 Å². The van der Waals surface area contributed by atoms with Gasteiger partial charge in [-0.2, -0.15) is 0 Å². The third kappa shape index (κ3) is 8.25. The van der Waals surface area contributed by atoms with Crippen molar-refractivity contribution in [1.82, 2.24) is 0 Å². The molecule has 20 nitrogen and oxygen atoms in total. The van der Waals surface area contributed by atoms with Crippen LogP contribution in [0.4, 0.5) is 0 Å². The van der Waals surface area contributed by atoms with E-state index in [1.807, 2.05) is 0 Å². The van der Waals surface area contributed by atoms with Gasteiger partial charge in [-0.3, -0.25) is 4.79 Å². The van der Waals surface area contributed by atoms with Gasteiger partial charge in [-0.15, -0.1) is 0 Å². The number of aliphatic hydroxyl groups excluding tert-OH is 7. The Morgan fingerprint density at radius 1 is 0.737 bits per heavy atom. The molecule has 1 aromatic heterocycles. The number of methoxy groups -OCH3 is 1. The molecule has 306 valence electrons. The first kappa shape index (κ1) is 41.0. The van der Waals surface area contributed by atoms with Gasteiger partial charge in [0, 0.05) is 23.8 Å². The van der Waals surface area contributed by atoms with Crippen LogP contribution in [0.2, 0.25) is 0 Å². The van der Waals surface area contributed by atoms with Crippen LogP contribution in [-0.4, -0.2) is 144 Å². The molecular formula is C37H38O20. The number of phenolic OH excluding ortho intramolecular Hbond substituents is 4. The molecule has 3 heterocycles. The molecule has 57 heavy (non-hydrogen) atoms. The van der Waals surface area contributed by atoms with Crippen LogP contribution in [0.1, 0.15) is 5.56 Å². The number of phenols is 4. The predicted molar refractivity (Wildman–Crippen MR) is 189 cm³/mol. The maximum Gasteiger partial charge on any atom is 0.331 e. The molecule has 2 saturated heterocycles. The van der Waals surface area contributed by atoms with E-state index >= 15 is 0 Å². The molecule has 20 heteroatoms. The Morgan fingerprint density at radius 3 is 2.07 bits per heavy atom. The summed E-state index contributed by atoms with van der Waals surface area (Å²) in [5.74, 6) is -4.85. The van der Waals surface area contributed by atoms with Crippen LogP contribution in [0.5, 0.6) is 40.2 Å². The van der Waals surface area contributed by atoms with E-state index in [0.29, 0.717) is 5.56 Å². The van der Waals surface area contributed by atoms with Gasteiger partial charge in [0.1, 0.15) is 65.2 Å². The van der Waals surface area contributed by atoms with E-state index in [2.05, 4.69) is 0 Å². The van der Waals surface area contributed by atoms with E-state index in [1.165, 1.54) is 37.5 Å². The molecule has 0 spiro atoms. The fourth-order valence-electron chi connectivity index (χ4n) is 6.11. The van der Waals surface area contributed by atoms with Gasteiger partial charge in [-0.05, 0) is 42.0 Å². The fraction of sp³-hybridized carbons (Fsp3) is 0.351. The summed E-state index contributed by atoms with van der Waals surface area (Å²) >= 11 is 0. The van der Waals surface area contributed by atoms with Gasteiger partial charge in [0.05, 0.1) is 20.3 Å². The fourth-order valence-corrected chi connectivity index (χ4v) is 6.11. The van der Waals surface area contributed by atoms with Crippen molar-refractivity contribution in [3.05, 3.63) is 70.4 Å². The van der Waals surface area contributed by atoms with Crippen molar-refractivity contribution in [2.45, 2.75) is 61.4 Å². The standard InChI is InChI=1S/C37H38O20/c1-51-21-8-14(2-5-18(21)41)3-7-25(44)56-35-31(49)28(46)24(13-39)55-37(35)57-34-29(47)26-20(43)10-16(52-36-32(50)30(48)27(45)23(12-38)54-36)11-22(26)53-33(34)15-4-6-17(40)19(42)9-15/h2-11,23-24,27-28,30-32,35-43,45-46,48-50H,12-13H2,1H3/t23-,24-,27-,28-,30-,31-,32-,35-,36-,37+/m0/s1. The van der Waals surface area contributed by atoms with E-state index < -0.39 is 126 Å². The molecule has 0 amide bonds. The maximum absolute atomic E-state index is 14.2. The Hall–Kier alpha value is -5.68. The van der Waals surface area contributed by atoms with Crippen molar-refractivity contribution in [2.24, 2.45) is 0 Å². The summed E-state index contributed by atoms with van der Waals surface area (Å²) in [5.41, 5.74) is -1.30. The van der Waals surface area contributed by atoms with Crippen LogP contribution >= 0.6 is 0 Å². The number of aromatic hydroxyl groups is 4. The minimum absolute atomic E-state index is 0.101. The number of fused-ring (bicyclic) bond motifs is 1. The van der Waals surface area contributed by atoms with Crippen molar-refractivity contribution >= 4 is 23.0 Å². The summed E-state index contributed by atoms with van der Waals surface area (Å²) in [7, 11) is 1.32. The molecule has 6 rings (SSSR count). The first-order chi connectivity index (χ1) is 27.1. The van der Waals surface area contributed by atoms with Gasteiger partial charge >= 0.3 is 5.97 Å². The lowest BCUT2D eigenvalue weighted by Crippen LogP contribution is -2.61. The Labute approximate surface area is 320 Å². The Morgan fingerprint density at radius 2 is 1.40 bits per heavy atom. The van der Waals surface area contributed by atoms with Gasteiger partial charge in [0.25, 0.3) is 0 Å². The second-order valence-electron chi connectivity index (χ2n) is 12.9. The number of ether oxygens (including phenoxy) is 6. The molecule has 0 unspecified atom stereocenters. The molecule has 0 bridgehead atoms. The van der Waals surface area contributed by atoms with Crippen LogP contribution in [-0.2, 0) is 19.0 Å². The van der Waals surface area contributed by atoms with Crippen LogP contribution in [0.15, 0.2) is 63.8 Å². The van der Waals surface area contributed by atoms with Gasteiger partial charge in [-0.25, -0.2) is 4.79 Å². The molecule has 2 aliphatic heterocycles. The molecule has 4 aromatic rings. The molecule has 0 aliphatic carbocycles. The topological polar surface area (TPSA) is 325 Å². The zero-order valence-corrected chi connectivity index (χ0v) is 29.6. The Kier molecular flexibility index (Phi) is 12.1. The van der Waals surface area contributed by atoms with Crippen molar-refractivity contribution < 1.29 is 93.8 Å². The average Bonchev–Trinajstić information content (AvgIpc) is 3.19. The third-order valence-electron chi connectivity index (χ3n) is 9.17. The molecule has 10 atom stereocenters. The average molecular weight is 803 g/mol. The Balaban J connectivity index is 1.39. The monoisotopic (exact) mass is 802 g/mol. The molecule has 11 N–H and O–H groups in total. The van der Waals surface area contributed by atoms with Crippen LogP contribution in [0.3, 0.4) is 0 Å². The van der Waals surface area contributed by atoms with Gasteiger partial charge < -0.3 is 89.0 Å². The van der Waals surface area contributed by atoms with E-state index in [1.54, 1.807) is 0 Å². The van der Waals surface area contributed by atoms with Crippen LogP contribution < -0.4 is 19.6 Å². The lowest BCUT2D eigenvalue weighted by atomic mass is 9.99.